The molecule has 57 heavy (non-hydrogen) atoms. The molecule has 17 heteroatoms. The first-order valence-corrected chi connectivity index (χ1v) is 19.7. The molecule has 1 atom stereocenters. The first-order chi connectivity index (χ1) is 26.9. The Hall–Kier alpha value is -4.86. The highest BCUT2D eigenvalue weighted by molar-refractivity contribution is 6.31. The minimum atomic E-state index is -2.73. The lowest BCUT2D eigenvalue weighted by Gasteiger charge is -2.23. The number of alkyl halides is 2. The van der Waals surface area contributed by atoms with Crippen molar-refractivity contribution in [2.45, 2.75) is 90.6 Å². The average Bonchev–Trinajstić information content (AvgIpc) is 3.92. The lowest BCUT2D eigenvalue weighted by Crippen LogP contribution is -2.29. The lowest BCUT2D eigenvalue weighted by atomic mass is 10.1. The monoisotopic (exact) mass is 820 g/mol. The van der Waals surface area contributed by atoms with Crippen LogP contribution in [0.5, 0.6) is 0 Å². The van der Waals surface area contributed by atoms with Gasteiger partial charge >= 0.3 is 0 Å². The molecule has 0 bridgehead atoms. The number of aliphatic hydroxyl groups excluding tert-OH is 1. The molecule has 0 radical (unpaired) electrons. The fourth-order valence-corrected chi connectivity index (χ4v) is 7.18. The van der Waals surface area contributed by atoms with Crippen LogP contribution >= 0.6 is 23.2 Å². The Morgan fingerprint density at radius 2 is 1.19 bits per heavy atom. The fourth-order valence-electron chi connectivity index (χ4n) is 6.78. The quantitative estimate of drug-likeness (QED) is 0.138. The highest BCUT2D eigenvalue weighted by Gasteiger charge is 2.40. The molecule has 2 aromatic carbocycles. The van der Waals surface area contributed by atoms with E-state index in [9.17, 15) is 13.9 Å². The number of β-amino-alcohol motifs (C(OH)–C–C–N with tert-alkyl or cyclic N) is 1. The largest absolute Gasteiger partial charge is 0.391 e. The van der Waals surface area contributed by atoms with Crippen molar-refractivity contribution in [2.24, 2.45) is 0 Å². The molecule has 0 saturated carbocycles. The maximum atomic E-state index is 13.8. The summed E-state index contributed by atoms with van der Waals surface area (Å²) in [6.07, 6.45) is 3.63. The number of hydrogen-bond acceptors (Lipinski definition) is 11. The molecular formula is C40H48Cl2F2N12O. The van der Waals surface area contributed by atoms with E-state index in [1.54, 1.807) is 17.6 Å². The summed E-state index contributed by atoms with van der Waals surface area (Å²) in [5, 5.41) is 18.0. The number of aliphatic hydroxyl groups is 1. The van der Waals surface area contributed by atoms with Gasteiger partial charge in [-0.2, -0.15) is 19.9 Å². The fraction of sp³-hybridized carbons (Fsp3) is 0.450. The number of halogens is 4. The Labute approximate surface area is 340 Å². The molecular weight excluding hydrogens is 773 g/mol. The second-order valence-corrected chi connectivity index (χ2v) is 17.5. The first-order valence-electron chi connectivity index (χ1n) is 19.0. The number of aromatic nitrogens is 8. The third-order valence-corrected chi connectivity index (χ3v) is 10.1. The van der Waals surface area contributed by atoms with Crippen molar-refractivity contribution in [3.8, 4) is 0 Å². The van der Waals surface area contributed by atoms with Crippen molar-refractivity contribution >= 4 is 69.1 Å². The number of nitrogens with zero attached hydrogens (tertiary/aromatic N) is 10. The zero-order chi connectivity index (χ0) is 40.7. The van der Waals surface area contributed by atoms with Crippen LogP contribution in [0, 0.1) is 0 Å². The van der Waals surface area contributed by atoms with Crippen LogP contribution in [0.25, 0.3) is 22.3 Å². The van der Waals surface area contributed by atoms with Crippen molar-refractivity contribution in [2.75, 3.05) is 46.6 Å². The van der Waals surface area contributed by atoms with Crippen LogP contribution in [-0.4, -0.2) is 93.4 Å². The van der Waals surface area contributed by atoms with Gasteiger partial charge in [-0.15, -0.1) is 0 Å². The molecule has 0 aliphatic carbocycles. The number of benzene rings is 2. The summed E-state index contributed by atoms with van der Waals surface area (Å²) in [7, 11) is 0. The van der Waals surface area contributed by atoms with E-state index in [1.807, 2.05) is 78.4 Å². The minimum Gasteiger partial charge on any atom is -0.391 e. The van der Waals surface area contributed by atoms with Gasteiger partial charge in [-0.05, 0) is 71.2 Å². The van der Waals surface area contributed by atoms with Gasteiger partial charge < -0.3 is 34.7 Å². The topological polar surface area (TPSA) is 138 Å². The normalized spacial score (nSPS) is 17.0. The van der Waals surface area contributed by atoms with Crippen LogP contribution in [0.1, 0.15) is 65.5 Å². The van der Waals surface area contributed by atoms with Crippen molar-refractivity contribution in [1.29, 1.82) is 0 Å². The summed E-state index contributed by atoms with van der Waals surface area (Å²) in [5.74, 6) is -0.605. The van der Waals surface area contributed by atoms with Crippen LogP contribution in [0.2, 0.25) is 10.0 Å². The standard InChI is InChI=1S/C20H23ClF2N6.C20H25ClN6O/c1-19(2,3)27-18-25-16(28-9-8-20(22,23)11-28)15-17(26-18)29(12-24-15)10-13-6-4-5-7-14(13)21;1-20(2,3)25-19-23-17(26-9-8-14(28)11-26)16-18(24-19)27(12-22-16)10-13-6-4-5-7-15(13)21/h4-7,12H,8-11H2,1-3H3,(H,25,26,27);4-7,12,14,28H,8-11H2,1-3H3,(H,23,24,25)/t;14-/m.0/s1. The van der Waals surface area contributed by atoms with Gasteiger partial charge in [0.05, 0.1) is 38.4 Å². The molecule has 3 N–H and O–H groups in total. The van der Waals surface area contributed by atoms with E-state index >= 15 is 0 Å². The summed E-state index contributed by atoms with van der Waals surface area (Å²) in [6.45, 7) is 14.4. The number of rotatable bonds is 8. The van der Waals surface area contributed by atoms with Crippen LogP contribution in [0.4, 0.5) is 32.3 Å². The van der Waals surface area contributed by atoms with E-state index < -0.39 is 5.92 Å². The van der Waals surface area contributed by atoms with Gasteiger partial charge in [0.25, 0.3) is 5.92 Å². The van der Waals surface area contributed by atoms with E-state index in [-0.39, 0.29) is 36.7 Å². The molecule has 4 aromatic heterocycles. The third-order valence-electron chi connectivity index (χ3n) is 9.39. The Bertz CT molecular complexity index is 2370. The van der Waals surface area contributed by atoms with Gasteiger partial charge in [0.1, 0.15) is 0 Å². The maximum absolute atomic E-state index is 13.8. The average molecular weight is 822 g/mol. The molecule has 2 saturated heterocycles. The minimum absolute atomic E-state index is 0.178. The highest BCUT2D eigenvalue weighted by Crippen LogP contribution is 2.34. The molecule has 6 heterocycles. The zero-order valence-electron chi connectivity index (χ0n) is 32.9. The van der Waals surface area contributed by atoms with E-state index in [0.29, 0.717) is 58.6 Å². The molecule has 0 spiro atoms. The molecule has 13 nitrogen and oxygen atoms in total. The van der Waals surface area contributed by atoms with Gasteiger partial charge in [0.2, 0.25) is 11.9 Å². The van der Waals surface area contributed by atoms with Crippen molar-refractivity contribution in [3.63, 3.8) is 0 Å². The highest BCUT2D eigenvalue weighted by atomic mass is 35.5. The van der Waals surface area contributed by atoms with Gasteiger partial charge in [0.15, 0.2) is 34.0 Å². The van der Waals surface area contributed by atoms with Crippen molar-refractivity contribution in [3.05, 3.63) is 82.4 Å². The third kappa shape index (κ3) is 9.65. The van der Waals surface area contributed by atoms with Crippen LogP contribution in [0.3, 0.4) is 0 Å². The van der Waals surface area contributed by atoms with E-state index in [4.69, 9.17) is 33.2 Å². The Morgan fingerprint density at radius 3 is 1.60 bits per heavy atom. The number of fused-ring (bicyclic) bond motifs is 2. The molecule has 2 aliphatic heterocycles. The summed E-state index contributed by atoms with van der Waals surface area (Å²) < 4.78 is 31.5. The first kappa shape index (κ1) is 40.3. The zero-order valence-corrected chi connectivity index (χ0v) is 34.5. The Balaban J connectivity index is 0.000000174. The Morgan fingerprint density at radius 1 is 0.719 bits per heavy atom. The number of nitrogens with one attached hydrogen (secondary N) is 2. The van der Waals surface area contributed by atoms with Gasteiger partial charge in [-0.25, -0.2) is 18.7 Å². The van der Waals surface area contributed by atoms with Gasteiger partial charge in [0, 0.05) is 47.2 Å². The summed E-state index contributed by atoms with van der Waals surface area (Å²) in [4.78, 5) is 31.4. The summed E-state index contributed by atoms with van der Waals surface area (Å²) in [6, 6.07) is 15.3. The van der Waals surface area contributed by atoms with Crippen molar-refractivity contribution in [1.82, 2.24) is 39.0 Å². The lowest BCUT2D eigenvalue weighted by molar-refractivity contribution is 0.0257. The predicted molar refractivity (Wildman–Crippen MR) is 223 cm³/mol. The van der Waals surface area contributed by atoms with Gasteiger partial charge in [-0.3, -0.25) is 0 Å². The molecule has 2 aliphatic rings. The van der Waals surface area contributed by atoms with E-state index in [2.05, 4.69) is 56.2 Å². The van der Waals surface area contributed by atoms with Crippen LogP contribution in [0.15, 0.2) is 61.2 Å². The molecule has 302 valence electrons. The number of anilines is 4. The Kier molecular flexibility index (Phi) is 11.2. The molecule has 2 fully saturated rings. The SMILES string of the molecule is CC(C)(C)Nc1nc(N2CCC(F)(F)C2)c2ncn(Cc3ccccc3Cl)c2n1.CC(C)(C)Nc1nc(N2CC[C@H](O)C2)c2ncn(Cc3ccccc3Cl)c2n1. The molecule has 6 aromatic rings. The van der Waals surface area contributed by atoms with Gasteiger partial charge in [-0.1, -0.05) is 59.6 Å². The number of imidazole rings is 2. The van der Waals surface area contributed by atoms with Crippen LogP contribution < -0.4 is 20.4 Å². The summed E-state index contributed by atoms with van der Waals surface area (Å²) in [5.41, 5.74) is 4.04. The van der Waals surface area contributed by atoms with Crippen LogP contribution in [-0.2, 0) is 13.1 Å². The second kappa shape index (κ2) is 15.8. The number of hydrogen-bond donors (Lipinski definition) is 3. The smallest absolute Gasteiger partial charge is 0.266 e. The second-order valence-electron chi connectivity index (χ2n) is 16.7. The molecule has 0 amide bonds. The maximum Gasteiger partial charge on any atom is 0.266 e. The van der Waals surface area contributed by atoms with Crippen molar-refractivity contribution < 1.29 is 13.9 Å². The summed E-state index contributed by atoms with van der Waals surface area (Å²) >= 11 is 12.7. The van der Waals surface area contributed by atoms with E-state index in [0.717, 1.165) is 41.1 Å². The predicted octanol–water partition coefficient (Wildman–Crippen LogP) is 7.89. The molecule has 8 rings (SSSR count). The van der Waals surface area contributed by atoms with E-state index in [1.165, 1.54) is 0 Å². The molecule has 0 unspecified atom stereocenters.